The zero-order chi connectivity index (χ0) is 15.1. The number of fused-ring (bicyclic) bond motifs is 3. The second-order valence-corrected chi connectivity index (χ2v) is 7.15. The van der Waals surface area contributed by atoms with Crippen LogP contribution in [0.2, 0.25) is 0 Å². The molecule has 22 heavy (non-hydrogen) atoms. The monoisotopic (exact) mass is 314 g/mol. The van der Waals surface area contributed by atoms with Gasteiger partial charge in [-0.05, 0) is 36.8 Å². The van der Waals surface area contributed by atoms with Gasteiger partial charge in [0.05, 0.1) is 5.39 Å². The van der Waals surface area contributed by atoms with E-state index in [-0.39, 0.29) is 5.56 Å². The molecule has 0 fully saturated rings. The van der Waals surface area contributed by atoms with Crippen LogP contribution >= 0.6 is 11.3 Å². The summed E-state index contributed by atoms with van der Waals surface area (Å²) in [5.74, 6) is 1.46. The molecule has 0 bridgehead atoms. The van der Waals surface area contributed by atoms with Crippen molar-refractivity contribution in [3.63, 3.8) is 0 Å². The predicted molar refractivity (Wildman–Crippen MR) is 87.4 cm³/mol. The minimum atomic E-state index is 0.0209. The lowest BCUT2D eigenvalue weighted by molar-refractivity contribution is 0.509. The van der Waals surface area contributed by atoms with Crippen molar-refractivity contribution in [2.75, 3.05) is 0 Å². The first kappa shape index (κ1) is 13.7. The molecule has 4 rings (SSSR count). The molecule has 1 atom stereocenters. The van der Waals surface area contributed by atoms with Crippen LogP contribution in [0.25, 0.3) is 10.2 Å². The lowest BCUT2D eigenvalue weighted by atomic mass is 9.89. The van der Waals surface area contributed by atoms with E-state index in [2.05, 4.69) is 22.0 Å². The molecule has 0 spiro atoms. The van der Waals surface area contributed by atoms with Crippen molar-refractivity contribution in [3.05, 3.63) is 45.1 Å². The Bertz CT molecular complexity index is 862. The topological polar surface area (TPSA) is 63.6 Å². The molecule has 3 aromatic heterocycles. The highest BCUT2D eigenvalue weighted by atomic mass is 32.1. The maximum absolute atomic E-state index is 12.5. The van der Waals surface area contributed by atoms with Gasteiger partial charge in [-0.1, -0.05) is 6.92 Å². The first-order chi connectivity index (χ1) is 10.7. The maximum Gasteiger partial charge on any atom is 0.259 e. The zero-order valence-corrected chi connectivity index (χ0v) is 13.3. The summed E-state index contributed by atoms with van der Waals surface area (Å²) >= 11 is 1.70. The summed E-state index contributed by atoms with van der Waals surface area (Å²) in [5.41, 5.74) is 1.26. The molecule has 1 aliphatic rings. The van der Waals surface area contributed by atoms with E-state index in [9.17, 15) is 4.79 Å². The van der Waals surface area contributed by atoms with Crippen LogP contribution in [0.15, 0.2) is 23.3 Å². The smallest absolute Gasteiger partial charge is 0.259 e. The van der Waals surface area contributed by atoms with Gasteiger partial charge in [-0.15, -0.1) is 11.3 Å². The number of nitrogens with zero attached hydrogens (tertiary/aromatic N) is 3. The third-order valence-corrected chi connectivity index (χ3v) is 5.50. The summed E-state index contributed by atoms with van der Waals surface area (Å²) in [4.78, 5) is 22.4. The fourth-order valence-electron chi connectivity index (χ4n) is 3.16. The summed E-state index contributed by atoms with van der Waals surface area (Å²) in [6, 6.07) is 1.90. The molecule has 1 aliphatic carbocycles. The van der Waals surface area contributed by atoms with Crippen LogP contribution in [0.1, 0.15) is 29.6 Å². The Balaban J connectivity index is 1.69. The Hall–Kier alpha value is -1.95. The van der Waals surface area contributed by atoms with Crippen molar-refractivity contribution in [3.8, 4) is 0 Å². The van der Waals surface area contributed by atoms with Gasteiger partial charge in [-0.25, -0.2) is 4.98 Å². The second kappa shape index (κ2) is 5.35. The van der Waals surface area contributed by atoms with E-state index in [0.717, 1.165) is 35.4 Å². The molecule has 1 N–H and O–H groups in total. The molecule has 0 saturated carbocycles. The van der Waals surface area contributed by atoms with Crippen LogP contribution in [0.4, 0.5) is 0 Å². The molecular formula is C16H18N4OS. The van der Waals surface area contributed by atoms with Gasteiger partial charge in [0, 0.05) is 30.2 Å². The minimum Gasteiger partial charge on any atom is -0.310 e. The number of aromatic amines is 1. The Morgan fingerprint density at radius 1 is 1.50 bits per heavy atom. The molecule has 3 heterocycles. The van der Waals surface area contributed by atoms with Crippen LogP contribution in [-0.2, 0) is 25.8 Å². The van der Waals surface area contributed by atoms with Gasteiger partial charge in [-0.3, -0.25) is 9.48 Å². The van der Waals surface area contributed by atoms with Gasteiger partial charge in [-0.2, -0.15) is 5.10 Å². The molecule has 0 amide bonds. The van der Waals surface area contributed by atoms with Crippen LogP contribution in [0, 0.1) is 5.92 Å². The van der Waals surface area contributed by atoms with Gasteiger partial charge in [0.1, 0.15) is 10.7 Å². The summed E-state index contributed by atoms with van der Waals surface area (Å²) < 4.78 is 1.85. The molecule has 6 heteroatoms. The molecule has 0 aromatic carbocycles. The van der Waals surface area contributed by atoms with E-state index < -0.39 is 0 Å². The van der Waals surface area contributed by atoms with Crippen molar-refractivity contribution in [1.82, 2.24) is 19.7 Å². The number of aryl methyl sites for hydroxylation is 3. The van der Waals surface area contributed by atoms with Crippen molar-refractivity contribution in [2.24, 2.45) is 5.92 Å². The lowest BCUT2D eigenvalue weighted by Gasteiger charge is -2.17. The molecule has 3 aromatic rings. The first-order valence-corrected chi connectivity index (χ1v) is 8.53. The van der Waals surface area contributed by atoms with Crippen LogP contribution < -0.4 is 5.56 Å². The maximum atomic E-state index is 12.5. The standard InChI is InChI=1S/C16H18N4OS/c1-10-3-4-11-12(9-10)22-16-14(11)15(21)18-13(19-16)5-8-20-7-2-6-17-20/h2,6-7,10H,3-5,8-9H2,1H3,(H,18,19,21)/t10-/m1/s1. The van der Waals surface area contributed by atoms with Crippen molar-refractivity contribution in [1.29, 1.82) is 0 Å². The number of hydrogen-bond acceptors (Lipinski definition) is 4. The van der Waals surface area contributed by atoms with E-state index in [1.807, 2.05) is 16.9 Å². The number of hydrogen-bond donors (Lipinski definition) is 1. The van der Waals surface area contributed by atoms with E-state index in [4.69, 9.17) is 0 Å². The molecular weight excluding hydrogens is 296 g/mol. The molecule has 0 aliphatic heterocycles. The molecule has 0 saturated heterocycles. The summed E-state index contributed by atoms with van der Waals surface area (Å²) in [6.07, 6.45) is 7.62. The fourth-order valence-corrected chi connectivity index (χ4v) is 4.57. The predicted octanol–water partition coefficient (Wildman–Crippen LogP) is 2.55. The number of aromatic nitrogens is 4. The third kappa shape index (κ3) is 2.37. The van der Waals surface area contributed by atoms with Crippen LogP contribution in [0.3, 0.4) is 0 Å². The minimum absolute atomic E-state index is 0.0209. The largest absolute Gasteiger partial charge is 0.310 e. The van der Waals surface area contributed by atoms with E-state index in [1.165, 1.54) is 16.9 Å². The average Bonchev–Trinajstić information content (AvgIpc) is 3.11. The Morgan fingerprint density at radius 2 is 2.41 bits per heavy atom. The molecule has 114 valence electrons. The highest BCUT2D eigenvalue weighted by Crippen LogP contribution is 2.35. The highest BCUT2D eigenvalue weighted by Gasteiger charge is 2.22. The summed E-state index contributed by atoms with van der Waals surface area (Å²) in [7, 11) is 0. The quantitative estimate of drug-likeness (QED) is 0.808. The normalized spacial score (nSPS) is 17.8. The van der Waals surface area contributed by atoms with E-state index >= 15 is 0 Å². The number of H-pyrrole nitrogens is 1. The van der Waals surface area contributed by atoms with E-state index in [0.29, 0.717) is 12.3 Å². The molecule has 5 nitrogen and oxygen atoms in total. The number of thiophene rings is 1. The zero-order valence-electron chi connectivity index (χ0n) is 12.5. The van der Waals surface area contributed by atoms with Gasteiger partial charge < -0.3 is 4.98 Å². The highest BCUT2D eigenvalue weighted by molar-refractivity contribution is 7.18. The van der Waals surface area contributed by atoms with Crippen molar-refractivity contribution < 1.29 is 0 Å². The third-order valence-electron chi connectivity index (χ3n) is 4.35. The average molecular weight is 314 g/mol. The second-order valence-electron chi connectivity index (χ2n) is 6.06. The number of rotatable bonds is 3. The molecule has 0 radical (unpaired) electrons. The van der Waals surface area contributed by atoms with Crippen molar-refractivity contribution in [2.45, 2.75) is 39.2 Å². The lowest BCUT2D eigenvalue weighted by Crippen LogP contribution is -2.15. The van der Waals surface area contributed by atoms with Gasteiger partial charge in [0.2, 0.25) is 0 Å². The Kier molecular flexibility index (Phi) is 3.33. The van der Waals surface area contributed by atoms with Crippen LogP contribution in [-0.4, -0.2) is 19.7 Å². The summed E-state index contributed by atoms with van der Waals surface area (Å²) in [5, 5.41) is 5.01. The SMILES string of the molecule is C[C@@H]1CCc2c(sc3nc(CCn4cccn4)[nH]c(=O)c23)C1. The molecule has 0 unspecified atom stereocenters. The van der Waals surface area contributed by atoms with Crippen molar-refractivity contribution >= 4 is 21.6 Å². The Morgan fingerprint density at radius 3 is 3.23 bits per heavy atom. The number of nitrogens with one attached hydrogen (secondary N) is 1. The summed E-state index contributed by atoms with van der Waals surface area (Å²) in [6.45, 7) is 3.00. The Labute approximate surface area is 132 Å². The first-order valence-electron chi connectivity index (χ1n) is 7.71. The van der Waals surface area contributed by atoms with Gasteiger partial charge in [0.15, 0.2) is 0 Å². The van der Waals surface area contributed by atoms with Gasteiger partial charge >= 0.3 is 0 Å². The fraction of sp³-hybridized carbons (Fsp3) is 0.438. The van der Waals surface area contributed by atoms with E-state index in [1.54, 1.807) is 17.5 Å². The van der Waals surface area contributed by atoms with Gasteiger partial charge in [0.25, 0.3) is 5.56 Å². The van der Waals surface area contributed by atoms with Crippen LogP contribution in [0.5, 0.6) is 0 Å².